The number of aliphatic hydroxyl groups excluding tert-OH is 1. The zero-order chi connectivity index (χ0) is 16.4. The van der Waals surface area contributed by atoms with Crippen molar-refractivity contribution in [1.29, 1.82) is 0 Å². The number of H-pyrrole nitrogens is 1. The highest BCUT2D eigenvalue weighted by atomic mass is 31.1. The van der Waals surface area contributed by atoms with Crippen LogP contribution < -0.4 is 11.2 Å². The number of aliphatic hydroxyl groups is 1. The Morgan fingerprint density at radius 3 is 2.64 bits per heavy atom. The maximum Gasteiger partial charge on any atom is 0.330 e. The number of nitrogens with zero attached hydrogens (tertiary/aromatic N) is 1. The van der Waals surface area contributed by atoms with E-state index in [1.165, 1.54) is 20.2 Å². The summed E-state index contributed by atoms with van der Waals surface area (Å²) in [6.45, 7) is 1.42. The fourth-order valence-electron chi connectivity index (χ4n) is 2.41. The molecular formula is C11H17N2O8P. The average Bonchev–Trinajstić information content (AvgIpc) is 2.76. The summed E-state index contributed by atoms with van der Waals surface area (Å²) in [5.74, 6) is 0. The van der Waals surface area contributed by atoms with E-state index in [9.17, 15) is 19.3 Å². The Labute approximate surface area is 125 Å². The van der Waals surface area contributed by atoms with Gasteiger partial charge in [0.25, 0.3) is 5.56 Å². The summed E-state index contributed by atoms with van der Waals surface area (Å²) in [5.41, 5.74) is -1.31. The van der Waals surface area contributed by atoms with Crippen molar-refractivity contribution in [3.8, 4) is 0 Å². The predicted molar refractivity (Wildman–Crippen MR) is 73.8 cm³/mol. The highest BCUT2D eigenvalue weighted by Gasteiger charge is 2.49. The Morgan fingerprint density at radius 2 is 2.14 bits per heavy atom. The van der Waals surface area contributed by atoms with Crippen molar-refractivity contribution in [2.24, 2.45) is 0 Å². The molecule has 11 heteroatoms. The van der Waals surface area contributed by atoms with Crippen LogP contribution in [0, 0.1) is 0 Å². The van der Waals surface area contributed by atoms with Gasteiger partial charge >= 0.3 is 13.9 Å². The molecule has 1 aromatic heterocycles. The number of methoxy groups -OCH3 is 1. The first kappa shape index (κ1) is 17.1. The van der Waals surface area contributed by atoms with E-state index in [-0.39, 0.29) is 0 Å². The van der Waals surface area contributed by atoms with E-state index in [4.69, 9.17) is 18.9 Å². The van der Waals surface area contributed by atoms with E-state index in [1.807, 2.05) is 0 Å². The van der Waals surface area contributed by atoms with E-state index < -0.39 is 50.1 Å². The van der Waals surface area contributed by atoms with Gasteiger partial charge in [-0.1, -0.05) is 0 Å². The van der Waals surface area contributed by atoms with Crippen molar-refractivity contribution >= 4 is 8.25 Å². The number of hydrogen-bond acceptors (Lipinski definition) is 7. The Morgan fingerprint density at radius 1 is 1.45 bits per heavy atom. The molecule has 1 aliphatic heterocycles. The summed E-state index contributed by atoms with van der Waals surface area (Å²) in [5, 5.41) is 9.75. The molecule has 1 aliphatic rings. The van der Waals surface area contributed by atoms with Crippen LogP contribution in [-0.4, -0.2) is 51.1 Å². The molecule has 0 aromatic carbocycles. The molecule has 6 atom stereocenters. The molecule has 0 spiro atoms. The highest BCUT2D eigenvalue weighted by Crippen LogP contribution is 2.37. The molecule has 22 heavy (non-hydrogen) atoms. The second kappa shape index (κ2) is 6.86. The summed E-state index contributed by atoms with van der Waals surface area (Å²) in [4.78, 5) is 34.0. The van der Waals surface area contributed by atoms with Crippen molar-refractivity contribution in [3.05, 3.63) is 33.1 Å². The lowest BCUT2D eigenvalue weighted by Crippen LogP contribution is -2.40. The molecule has 1 saturated heterocycles. The van der Waals surface area contributed by atoms with Gasteiger partial charge < -0.3 is 24.0 Å². The fraction of sp³-hybridized carbons (Fsp3) is 0.636. The van der Waals surface area contributed by atoms with Crippen LogP contribution in [0.5, 0.6) is 0 Å². The minimum Gasteiger partial charge on any atom is -0.391 e. The molecule has 10 nitrogen and oxygen atoms in total. The van der Waals surface area contributed by atoms with Gasteiger partial charge in [-0.2, -0.15) is 0 Å². The minimum atomic E-state index is -3.31. The second-order valence-corrected chi connectivity index (χ2v) is 5.57. The van der Waals surface area contributed by atoms with Crippen LogP contribution in [0.4, 0.5) is 0 Å². The molecule has 2 rings (SSSR count). The van der Waals surface area contributed by atoms with Gasteiger partial charge in [0.2, 0.25) is 0 Å². The van der Waals surface area contributed by atoms with Crippen molar-refractivity contribution in [2.75, 3.05) is 7.11 Å². The SMILES string of the molecule is COC1C(O[PH](=O)O)C([C@H](C)O)OC1n1ccc(=O)[nH]c1=O. The van der Waals surface area contributed by atoms with Crippen molar-refractivity contribution in [3.63, 3.8) is 0 Å². The third-order valence-corrected chi connectivity index (χ3v) is 3.81. The average molecular weight is 336 g/mol. The zero-order valence-corrected chi connectivity index (χ0v) is 12.8. The van der Waals surface area contributed by atoms with Gasteiger partial charge in [-0.25, -0.2) is 4.79 Å². The number of nitrogens with one attached hydrogen (secondary N) is 1. The zero-order valence-electron chi connectivity index (χ0n) is 11.8. The van der Waals surface area contributed by atoms with Crippen molar-refractivity contribution in [1.82, 2.24) is 9.55 Å². The van der Waals surface area contributed by atoms with Crippen LogP contribution >= 0.6 is 8.25 Å². The monoisotopic (exact) mass is 336 g/mol. The number of hydrogen-bond donors (Lipinski definition) is 3. The standard InChI is InChI=1S/C11H17N2O8P/c1-5(14)7-8(21-22(17)18)9(19-2)10(20-7)13-4-3-6(15)12-11(13)16/h3-5,7-10,14,22H,1-2H3,(H,17,18)(H,12,15,16)/t5-,7?,8?,9?,10?/m0/s1. The molecule has 1 fully saturated rings. The minimum absolute atomic E-state index is 0.575. The predicted octanol–water partition coefficient (Wildman–Crippen LogP) is -1.40. The van der Waals surface area contributed by atoms with Gasteiger partial charge in [-0.15, -0.1) is 0 Å². The Kier molecular flexibility index (Phi) is 5.32. The Hall–Kier alpha value is -1.29. The fourth-order valence-corrected chi connectivity index (χ4v) is 2.91. The summed E-state index contributed by atoms with van der Waals surface area (Å²) in [7, 11) is -2.00. The van der Waals surface area contributed by atoms with Crippen molar-refractivity contribution < 1.29 is 28.6 Å². The Balaban J connectivity index is 2.41. The molecule has 0 radical (unpaired) electrons. The molecule has 0 aliphatic carbocycles. The maximum atomic E-state index is 11.9. The lowest BCUT2D eigenvalue weighted by Gasteiger charge is -2.23. The second-order valence-electron chi connectivity index (χ2n) is 4.80. The van der Waals surface area contributed by atoms with Crippen molar-refractivity contribution in [2.45, 2.75) is 37.6 Å². The maximum absolute atomic E-state index is 11.9. The summed E-state index contributed by atoms with van der Waals surface area (Å²) in [6.07, 6.45) is -3.81. The van der Waals surface area contributed by atoms with Gasteiger partial charge in [0.05, 0.1) is 6.10 Å². The lowest BCUT2D eigenvalue weighted by molar-refractivity contribution is -0.0817. The van der Waals surface area contributed by atoms with Crippen LogP contribution in [-0.2, 0) is 18.6 Å². The van der Waals surface area contributed by atoms with Gasteiger partial charge in [-0.3, -0.25) is 18.9 Å². The van der Waals surface area contributed by atoms with Gasteiger partial charge in [-0.05, 0) is 6.92 Å². The third kappa shape index (κ3) is 3.37. The van der Waals surface area contributed by atoms with Crippen LogP contribution in [0.2, 0.25) is 0 Å². The molecule has 2 heterocycles. The first-order chi connectivity index (χ1) is 10.3. The smallest absolute Gasteiger partial charge is 0.330 e. The third-order valence-electron chi connectivity index (χ3n) is 3.34. The van der Waals surface area contributed by atoms with Crippen LogP contribution in [0.25, 0.3) is 0 Å². The van der Waals surface area contributed by atoms with Gasteiger partial charge in [0, 0.05) is 19.4 Å². The first-order valence-electron chi connectivity index (χ1n) is 6.42. The molecular weight excluding hydrogens is 319 g/mol. The van der Waals surface area contributed by atoms with E-state index in [0.717, 1.165) is 10.6 Å². The van der Waals surface area contributed by atoms with E-state index in [2.05, 4.69) is 4.98 Å². The highest BCUT2D eigenvalue weighted by molar-refractivity contribution is 7.32. The summed E-state index contributed by atoms with van der Waals surface area (Å²) in [6, 6.07) is 1.12. The molecule has 0 amide bonds. The molecule has 0 bridgehead atoms. The van der Waals surface area contributed by atoms with E-state index >= 15 is 0 Å². The van der Waals surface area contributed by atoms with E-state index in [0.29, 0.717) is 0 Å². The lowest BCUT2D eigenvalue weighted by atomic mass is 10.1. The molecule has 3 N–H and O–H groups in total. The summed E-state index contributed by atoms with van der Waals surface area (Å²) >= 11 is 0. The number of ether oxygens (including phenoxy) is 2. The molecule has 5 unspecified atom stereocenters. The number of rotatable bonds is 5. The van der Waals surface area contributed by atoms with Gasteiger partial charge in [0.15, 0.2) is 6.23 Å². The largest absolute Gasteiger partial charge is 0.391 e. The first-order valence-corrected chi connectivity index (χ1v) is 7.69. The van der Waals surface area contributed by atoms with E-state index in [1.54, 1.807) is 0 Å². The number of aromatic amines is 1. The Bertz CT molecular complexity index is 656. The summed E-state index contributed by atoms with van der Waals surface area (Å²) < 4.78 is 27.7. The normalized spacial score (nSPS) is 31.1. The quantitative estimate of drug-likeness (QED) is 0.558. The van der Waals surface area contributed by atoms with Crippen LogP contribution in [0.3, 0.4) is 0 Å². The number of aromatic nitrogens is 2. The van der Waals surface area contributed by atoms with Crippen LogP contribution in [0.1, 0.15) is 13.2 Å². The van der Waals surface area contributed by atoms with Gasteiger partial charge in [0.1, 0.15) is 18.3 Å². The molecule has 1 aromatic rings. The molecule has 124 valence electrons. The molecule has 0 saturated carbocycles. The van der Waals surface area contributed by atoms with Crippen LogP contribution in [0.15, 0.2) is 21.9 Å². The topological polar surface area (TPSA) is 140 Å².